The van der Waals surface area contributed by atoms with Gasteiger partial charge in [0.05, 0.1) is 0 Å². The molecule has 0 spiro atoms. The average molecular weight is 988 g/mol. The summed E-state index contributed by atoms with van der Waals surface area (Å²) >= 11 is 0. The maximum absolute atomic E-state index is 12.8. The first-order chi connectivity index (χ1) is 35.0. The van der Waals surface area contributed by atoms with Crippen molar-refractivity contribution in [2.24, 2.45) is 0 Å². The Morgan fingerprint density at radius 2 is 0.549 bits per heavy atom. The Hall–Kier alpha value is -3.67. The number of unbranched alkanes of at least 4 members (excludes halogenated alkanes) is 26. The van der Waals surface area contributed by atoms with Crippen LogP contribution >= 0.6 is 0 Å². The fourth-order valence-electron chi connectivity index (χ4n) is 8.12. The van der Waals surface area contributed by atoms with Gasteiger partial charge < -0.3 is 14.2 Å². The van der Waals surface area contributed by atoms with E-state index in [1.54, 1.807) is 0 Å². The Bertz CT molecular complexity index is 1410. The van der Waals surface area contributed by atoms with Crippen molar-refractivity contribution in [1.82, 2.24) is 0 Å². The molecule has 71 heavy (non-hydrogen) atoms. The summed E-state index contributed by atoms with van der Waals surface area (Å²) < 4.78 is 16.7. The Labute approximate surface area is 438 Å². The molecule has 1 atom stereocenters. The molecule has 0 aromatic carbocycles. The van der Waals surface area contributed by atoms with Gasteiger partial charge >= 0.3 is 17.9 Å². The third-order valence-electron chi connectivity index (χ3n) is 12.6. The van der Waals surface area contributed by atoms with Crippen molar-refractivity contribution in [2.45, 2.75) is 284 Å². The van der Waals surface area contributed by atoms with Crippen molar-refractivity contribution in [1.29, 1.82) is 0 Å². The fraction of sp³-hybridized carbons (Fsp3) is 0.708. The predicted octanol–water partition coefficient (Wildman–Crippen LogP) is 20.1. The van der Waals surface area contributed by atoms with Crippen LogP contribution in [0.2, 0.25) is 0 Å². The lowest BCUT2D eigenvalue weighted by Gasteiger charge is -2.18. The second-order valence-corrected chi connectivity index (χ2v) is 19.5. The van der Waals surface area contributed by atoms with Crippen LogP contribution in [0.1, 0.15) is 278 Å². The van der Waals surface area contributed by atoms with E-state index in [-0.39, 0.29) is 31.1 Å². The zero-order valence-electron chi connectivity index (χ0n) is 46.5. The number of rotatable bonds is 53. The molecular formula is C65H110O6. The van der Waals surface area contributed by atoms with Crippen LogP contribution in [0.4, 0.5) is 0 Å². The Morgan fingerprint density at radius 1 is 0.296 bits per heavy atom. The molecule has 0 N–H and O–H groups in total. The van der Waals surface area contributed by atoms with E-state index in [2.05, 4.69) is 118 Å². The van der Waals surface area contributed by atoms with Gasteiger partial charge in [-0.15, -0.1) is 0 Å². The standard InChI is InChI=1S/C65H110O6/c1-4-7-10-13-15-17-19-21-23-25-26-27-28-29-30-31-32-33-34-35-36-37-38-40-41-43-45-47-49-52-55-58-64(67)70-61-62(60-69-63(66)57-54-51-12-9-6-3)71-65(68)59-56-53-50-48-46-44-42-39-24-22-20-18-16-14-11-8-5-2/h7,10,15-18,21-24,26-27,29-30,32-33,62H,4-6,8-9,11-14,19-20,25,28,31,34-61H2,1-3H3/b10-7-,17-15-,18-16-,23-21-,24-22-,27-26-,30-29-,33-32-. The summed E-state index contributed by atoms with van der Waals surface area (Å²) in [5.41, 5.74) is 0. The van der Waals surface area contributed by atoms with Crippen molar-refractivity contribution >= 4 is 17.9 Å². The Morgan fingerprint density at radius 3 is 0.887 bits per heavy atom. The predicted molar refractivity (Wildman–Crippen MR) is 307 cm³/mol. The molecule has 0 fully saturated rings. The number of ether oxygens (including phenoxy) is 3. The van der Waals surface area contributed by atoms with Gasteiger partial charge in [0.2, 0.25) is 0 Å². The first-order valence-corrected chi connectivity index (χ1v) is 29.7. The van der Waals surface area contributed by atoms with Crippen molar-refractivity contribution in [3.05, 3.63) is 97.2 Å². The summed E-state index contributed by atoms with van der Waals surface area (Å²) in [5.74, 6) is -0.900. The molecule has 0 aliphatic heterocycles. The van der Waals surface area contributed by atoms with Crippen molar-refractivity contribution in [3.63, 3.8) is 0 Å². The molecule has 6 nitrogen and oxygen atoms in total. The lowest BCUT2D eigenvalue weighted by molar-refractivity contribution is -0.167. The molecule has 0 saturated heterocycles. The quantitative estimate of drug-likeness (QED) is 0.0261. The fourth-order valence-corrected chi connectivity index (χ4v) is 8.12. The Kier molecular flexibility index (Phi) is 55.9. The number of carbonyl (C=O) groups is 3. The van der Waals surface area contributed by atoms with Crippen LogP contribution in [0.5, 0.6) is 0 Å². The molecule has 0 rings (SSSR count). The van der Waals surface area contributed by atoms with Crippen LogP contribution in [-0.2, 0) is 28.6 Å². The van der Waals surface area contributed by atoms with E-state index in [0.717, 1.165) is 116 Å². The van der Waals surface area contributed by atoms with Gasteiger partial charge in [-0.3, -0.25) is 14.4 Å². The molecule has 1 unspecified atom stereocenters. The minimum absolute atomic E-state index is 0.0805. The number of hydrogen-bond donors (Lipinski definition) is 0. The van der Waals surface area contributed by atoms with Crippen LogP contribution in [0.3, 0.4) is 0 Å². The average Bonchev–Trinajstić information content (AvgIpc) is 3.37. The minimum Gasteiger partial charge on any atom is -0.462 e. The summed E-state index contributed by atoms with van der Waals surface area (Å²) in [6.45, 7) is 6.42. The number of carbonyl (C=O) groups excluding carboxylic acids is 3. The van der Waals surface area contributed by atoms with E-state index in [1.165, 1.54) is 122 Å². The van der Waals surface area contributed by atoms with Crippen LogP contribution in [-0.4, -0.2) is 37.2 Å². The van der Waals surface area contributed by atoms with E-state index in [0.29, 0.717) is 19.3 Å². The summed E-state index contributed by atoms with van der Waals surface area (Å²) in [6, 6.07) is 0. The van der Waals surface area contributed by atoms with E-state index < -0.39 is 6.10 Å². The third kappa shape index (κ3) is 57.1. The lowest BCUT2D eigenvalue weighted by Crippen LogP contribution is -2.30. The van der Waals surface area contributed by atoms with Gasteiger partial charge in [-0.05, 0) is 103 Å². The maximum Gasteiger partial charge on any atom is 0.306 e. The van der Waals surface area contributed by atoms with Crippen LogP contribution in [0, 0.1) is 0 Å². The molecule has 0 aliphatic rings. The SMILES string of the molecule is CC/C=C\C/C=C\C/C=C\C/C=C\C/C=C\C/C=C\CCCCCCCCCCCCCCC(=O)OCC(COC(=O)CCCCCCC)OC(=O)CCCCCCCCC/C=C\C/C=C\CCCCC. The van der Waals surface area contributed by atoms with Crippen LogP contribution < -0.4 is 0 Å². The maximum atomic E-state index is 12.8. The van der Waals surface area contributed by atoms with Gasteiger partial charge in [-0.2, -0.15) is 0 Å². The number of allylic oxidation sites excluding steroid dienone is 16. The zero-order chi connectivity index (χ0) is 51.4. The van der Waals surface area contributed by atoms with Crippen molar-refractivity contribution in [2.75, 3.05) is 13.2 Å². The second-order valence-electron chi connectivity index (χ2n) is 19.5. The van der Waals surface area contributed by atoms with Crippen molar-refractivity contribution < 1.29 is 28.6 Å². The highest BCUT2D eigenvalue weighted by Crippen LogP contribution is 2.15. The summed E-state index contributed by atoms with van der Waals surface area (Å²) in [6.07, 6.45) is 78.8. The highest BCUT2D eigenvalue weighted by atomic mass is 16.6. The number of hydrogen-bond acceptors (Lipinski definition) is 6. The summed E-state index contributed by atoms with van der Waals surface area (Å²) in [4.78, 5) is 37.8. The molecule has 0 aromatic heterocycles. The van der Waals surface area contributed by atoms with E-state index in [4.69, 9.17) is 14.2 Å². The number of esters is 3. The molecule has 0 aliphatic carbocycles. The first-order valence-electron chi connectivity index (χ1n) is 29.7. The first kappa shape index (κ1) is 67.3. The van der Waals surface area contributed by atoms with Gasteiger partial charge in [0, 0.05) is 19.3 Å². The normalized spacial score (nSPS) is 12.8. The topological polar surface area (TPSA) is 78.9 Å². The Balaban J connectivity index is 4.04. The summed E-state index contributed by atoms with van der Waals surface area (Å²) in [7, 11) is 0. The van der Waals surface area contributed by atoms with Crippen LogP contribution in [0.15, 0.2) is 97.2 Å². The van der Waals surface area contributed by atoms with E-state index in [1.807, 2.05) is 0 Å². The summed E-state index contributed by atoms with van der Waals surface area (Å²) in [5, 5.41) is 0. The largest absolute Gasteiger partial charge is 0.462 e. The van der Waals surface area contributed by atoms with Crippen LogP contribution in [0.25, 0.3) is 0 Å². The highest BCUT2D eigenvalue weighted by molar-refractivity contribution is 5.71. The molecule has 0 bridgehead atoms. The molecule has 406 valence electrons. The van der Waals surface area contributed by atoms with Gasteiger partial charge in [-0.1, -0.05) is 253 Å². The molecule has 0 amide bonds. The molecular weight excluding hydrogens is 877 g/mol. The smallest absolute Gasteiger partial charge is 0.306 e. The third-order valence-corrected chi connectivity index (χ3v) is 12.6. The zero-order valence-corrected chi connectivity index (χ0v) is 46.5. The molecule has 6 heteroatoms. The van der Waals surface area contributed by atoms with Gasteiger partial charge in [0.25, 0.3) is 0 Å². The van der Waals surface area contributed by atoms with Gasteiger partial charge in [-0.25, -0.2) is 0 Å². The molecule has 0 aromatic rings. The molecule has 0 heterocycles. The monoisotopic (exact) mass is 987 g/mol. The van der Waals surface area contributed by atoms with Crippen molar-refractivity contribution in [3.8, 4) is 0 Å². The lowest BCUT2D eigenvalue weighted by atomic mass is 10.0. The minimum atomic E-state index is -0.778. The van der Waals surface area contributed by atoms with Gasteiger partial charge in [0.15, 0.2) is 6.10 Å². The molecule has 0 saturated carbocycles. The van der Waals surface area contributed by atoms with E-state index >= 15 is 0 Å². The highest BCUT2D eigenvalue weighted by Gasteiger charge is 2.19. The molecule has 0 radical (unpaired) electrons. The second kappa shape index (κ2) is 58.9. The van der Waals surface area contributed by atoms with Gasteiger partial charge in [0.1, 0.15) is 13.2 Å². The van der Waals surface area contributed by atoms with E-state index in [9.17, 15) is 14.4 Å².